The normalized spacial score (nSPS) is 14.3. The first-order valence-corrected chi connectivity index (χ1v) is 26.8. The summed E-state index contributed by atoms with van der Waals surface area (Å²) in [6, 6.07) is -0.641. The van der Waals surface area contributed by atoms with Crippen LogP contribution in [0.1, 0.15) is 70.7 Å². The van der Waals surface area contributed by atoms with Crippen molar-refractivity contribution in [3.05, 3.63) is 83.9 Å². The molecule has 86 heavy (non-hydrogen) atoms. The molecule has 0 aliphatic carbocycles. The number of imidazole rings is 1. The number of phenols is 1. The van der Waals surface area contributed by atoms with Crippen LogP contribution >= 0.6 is 0 Å². The lowest BCUT2D eigenvalue weighted by Gasteiger charge is -2.27. The van der Waals surface area contributed by atoms with Gasteiger partial charge in [-0.2, -0.15) is 0 Å². The van der Waals surface area contributed by atoms with E-state index in [0.717, 1.165) is 0 Å². The monoisotopic (exact) mass is 1210 g/mol. The smallest absolute Gasteiger partial charge is 0.305 e. The fourth-order valence-electron chi connectivity index (χ4n) is 7.80. The summed E-state index contributed by atoms with van der Waals surface area (Å²) in [6.07, 6.45) is 0.514. The SMILES string of the molecule is CC(=O)N[C@@H](C)C(=O)N[C@@H](C)C(=O)N[C@@H](Cc1ccccc1)C(=O)N[C@@H](CCCN=C(N)N)C(=O)N[C@@H](Cc1cnc[nH]1)C(=O)N[C@@H](CC(=O)O)C(=O)N[C@@H](CO)C(=O)NCC(=O)N[C@@H](Cc1ccc(O)cc1)C(=O)N[C@@H](C)C(=O)N[C@@H](C)C(N)=O. The molecule has 468 valence electrons. The van der Waals surface area contributed by atoms with E-state index in [-0.39, 0.29) is 49.6 Å². The van der Waals surface area contributed by atoms with Crippen LogP contribution < -0.4 is 75.7 Å². The second-order valence-corrected chi connectivity index (χ2v) is 19.7. The van der Waals surface area contributed by atoms with Crippen molar-refractivity contribution in [3.8, 4) is 5.75 Å². The lowest BCUT2D eigenvalue weighted by atomic mass is 10.0. The number of nitrogens with one attached hydrogen (secondary N) is 12. The van der Waals surface area contributed by atoms with Gasteiger partial charge in [0, 0.05) is 44.6 Å². The number of aliphatic hydroxyl groups excluding tert-OH is 1. The third-order valence-electron chi connectivity index (χ3n) is 12.5. The maximum absolute atomic E-state index is 14.4. The number of aromatic amines is 1. The molecule has 12 amide bonds. The van der Waals surface area contributed by atoms with Gasteiger partial charge in [-0.15, -0.1) is 0 Å². The van der Waals surface area contributed by atoms with Crippen molar-refractivity contribution in [1.82, 2.24) is 68.5 Å². The number of hydrogen-bond acceptors (Lipinski definition) is 17. The second-order valence-electron chi connectivity index (χ2n) is 19.7. The summed E-state index contributed by atoms with van der Waals surface area (Å²) in [5.74, 6) is -13.2. The molecule has 0 saturated carbocycles. The third kappa shape index (κ3) is 25.1. The van der Waals surface area contributed by atoms with Gasteiger partial charge in [0.25, 0.3) is 0 Å². The van der Waals surface area contributed by atoms with Crippen molar-refractivity contribution in [1.29, 1.82) is 0 Å². The van der Waals surface area contributed by atoms with Gasteiger partial charge in [-0.05, 0) is 63.8 Å². The Kier molecular flexibility index (Phi) is 28.6. The summed E-state index contributed by atoms with van der Waals surface area (Å²) in [6.45, 7) is 4.46. The minimum Gasteiger partial charge on any atom is -0.508 e. The zero-order valence-corrected chi connectivity index (χ0v) is 47.8. The fourth-order valence-corrected chi connectivity index (χ4v) is 7.80. The van der Waals surface area contributed by atoms with E-state index < -0.39 is 163 Å². The number of carboxylic acid groups (broad SMARTS) is 1. The van der Waals surface area contributed by atoms with Gasteiger partial charge in [-0.25, -0.2) is 4.98 Å². The molecule has 0 aliphatic heterocycles. The summed E-state index contributed by atoms with van der Waals surface area (Å²) < 4.78 is 0. The van der Waals surface area contributed by atoms with Crippen molar-refractivity contribution in [2.24, 2.45) is 22.2 Å². The number of amides is 12. The van der Waals surface area contributed by atoms with Gasteiger partial charge in [0.1, 0.15) is 66.2 Å². The molecule has 21 N–H and O–H groups in total. The van der Waals surface area contributed by atoms with Crippen LogP contribution in [-0.2, 0) is 81.6 Å². The highest BCUT2D eigenvalue weighted by Crippen LogP contribution is 2.13. The number of H-pyrrole nitrogens is 1. The van der Waals surface area contributed by atoms with Crippen molar-refractivity contribution in [2.45, 2.75) is 134 Å². The van der Waals surface area contributed by atoms with E-state index in [1.807, 2.05) is 0 Å². The zero-order chi connectivity index (χ0) is 64.2. The van der Waals surface area contributed by atoms with Crippen LogP contribution in [0.15, 0.2) is 72.1 Å². The molecule has 1 aromatic heterocycles. The van der Waals surface area contributed by atoms with Crippen LogP contribution in [0.2, 0.25) is 0 Å². The molecule has 0 fully saturated rings. The quantitative estimate of drug-likeness (QED) is 0.0148. The number of rotatable bonds is 35. The van der Waals surface area contributed by atoms with Crippen molar-refractivity contribution < 1.29 is 77.6 Å². The van der Waals surface area contributed by atoms with Crippen LogP contribution in [0.4, 0.5) is 0 Å². The Bertz CT molecular complexity index is 2890. The molecule has 0 saturated heterocycles. The number of benzene rings is 2. The van der Waals surface area contributed by atoms with E-state index in [9.17, 15) is 77.6 Å². The number of aromatic nitrogens is 2. The number of hydrogen-bond donors (Lipinski definition) is 18. The molecule has 0 spiro atoms. The first-order valence-electron chi connectivity index (χ1n) is 26.8. The van der Waals surface area contributed by atoms with E-state index in [1.54, 1.807) is 30.3 Å². The highest BCUT2D eigenvalue weighted by molar-refractivity contribution is 5.99. The molecule has 3 rings (SSSR count). The number of primary amides is 1. The summed E-state index contributed by atoms with van der Waals surface area (Å²) in [7, 11) is 0. The van der Waals surface area contributed by atoms with Gasteiger partial charge in [0.15, 0.2) is 5.96 Å². The van der Waals surface area contributed by atoms with Crippen molar-refractivity contribution >= 4 is 82.8 Å². The predicted octanol–water partition coefficient (Wildman–Crippen LogP) is -6.79. The molecule has 0 radical (unpaired) electrons. The van der Waals surface area contributed by atoms with Crippen molar-refractivity contribution in [3.63, 3.8) is 0 Å². The van der Waals surface area contributed by atoms with Gasteiger partial charge >= 0.3 is 5.97 Å². The van der Waals surface area contributed by atoms with Gasteiger partial charge in [0.2, 0.25) is 70.9 Å². The summed E-state index contributed by atoms with van der Waals surface area (Å²) in [4.78, 5) is 181. The van der Waals surface area contributed by atoms with Gasteiger partial charge < -0.3 is 96.0 Å². The Hall–Kier alpha value is -10.2. The van der Waals surface area contributed by atoms with Crippen molar-refractivity contribution in [2.75, 3.05) is 19.7 Å². The molecule has 1 heterocycles. The fraction of sp³-hybridized carbons (Fsp3) is 0.453. The van der Waals surface area contributed by atoms with Crippen LogP contribution in [0.3, 0.4) is 0 Å². The van der Waals surface area contributed by atoms with Crippen LogP contribution in [0, 0.1) is 0 Å². The highest BCUT2D eigenvalue weighted by Gasteiger charge is 2.35. The number of carbonyl (C=O) groups is 13. The lowest BCUT2D eigenvalue weighted by Crippen LogP contribution is -2.61. The van der Waals surface area contributed by atoms with Gasteiger partial charge in [0.05, 0.1) is 25.9 Å². The molecular weight excluding hydrogens is 1130 g/mol. The number of carboxylic acids is 1. The molecule has 33 nitrogen and oxygen atoms in total. The Morgan fingerprint density at radius 1 is 0.547 bits per heavy atom. The molecule has 33 heteroatoms. The van der Waals surface area contributed by atoms with E-state index in [1.165, 1.54) is 71.4 Å². The number of nitrogens with zero attached hydrogens (tertiary/aromatic N) is 2. The lowest BCUT2D eigenvalue weighted by molar-refractivity contribution is -0.141. The molecule has 0 unspecified atom stereocenters. The molecule has 0 bridgehead atoms. The topological polar surface area (TPSA) is 534 Å². The zero-order valence-electron chi connectivity index (χ0n) is 47.8. The van der Waals surface area contributed by atoms with Crippen LogP contribution in [0.5, 0.6) is 5.75 Å². The molecule has 2 aromatic carbocycles. The second kappa shape index (κ2) is 35.0. The minimum absolute atomic E-state index is 0.0461. The van der Waals surface area contributed by atoms with E-state index in [0.29, 0.717) is 11.1 Å². The summed E-state index contributed by atoms with van der Waals surface area (Å²) >= 11 is 0. The van der Waals surface area contributed by atoms with E-state index >= 15 is 0 Å². The number of aliphatic imine (C=N–C) groups is 1. The Balaban J connectivity index is 1.84. The molecule has 0 aliphatic rings. The number of aliphatic carboxylic acids is 1. The number of guanidine groups is 1. The maximum Gasteiger partial charge on any atom is 0.305 e. The van der Waals surface area contributed by atoms with Gasteiger partial charge in [-0.3, -0.25) is 67.3 Å². The average molecular weight is 1210 g/mol. The molecule has 10 atom stereocenters. The molecular formula is C53H75N17O16. The summed E-state index contributed by atoms with van der Waals surface area (Å²) in [5.41, 5.74) is 17.4. The Morgan fingerprint density at radius 3 is 1.56 bits per heavy atom. The predicted molar refractivity (Wildman–Crippen MR) is 303 cm³/mol. The maximum atomic E-state index is 14.4. The van der Waals surface area contributed by atoms with Crippen LogP contribution in [-0.4, -0.2) is 188 Å². The Labute approximate surface area is 492 Å². The standard InChI is InChI=1S/C53H75N17O16/c1-26(43(54)77)62-45(79)28(3)64-49(83)36(19-32-13-15-34(73)16-14-32)65-41(74)23-59-47(81)40(24-71)70-52(86)39(21-42(75)76)69-51(85)38(20-33-22-57-25-60-33)68-48(82)35(12-9-17-58-53(55)56)66-50(84)37(18-31-10-7-6-8-11-31)67-46(80)29(4)63-44(78)27(2)61-30(5)72/h6-8,10-11,13-16,22,25-29,35-40,71,73H,9,12,17-21,23-24H2,1-5H3,(H2,54,77)(H,57,60)(H,59,81)(H,61,72)(H,62,79)(H,63,78)(H,64,83)(H,65,74)(H,66,84)(H,67,80)(H,68,82)(H,69,85)(H,70,86)(H,75,76)(H4,55,56,58)/t26-,27-,28-,29-,35-,36-,37-,38-,39-,40-/m0/s1. The summed E-state index contributed by atoms with van der Waals surface area (Å²) in [5, 5.41) is 56.0. The number of nitrogens with two attached hydrogens (primary N) is 3. The Morgan fingerprint density at radius 2 is 1.01 bits per heavy atom. The highest BCUT2D eigenvalue weighted by atomic mass is 16.4. The van der Waals surface area contributed by atoms with E-state index in [4.69, 9.17) is 17.2 Å². The van der Waals surface area contributed by atoms with Gasteiger partial charge in [-0.1, -0.05) is 42.5 Å². The minimum atomic E-state index is -2.02. The average Bonchev–Trinajstić information content (AvgIpc) is 3.80. The first kappa shape index (κ1) is 70.1. The van der Waals surface area contributed by atoms with E-state index in [2.05, 4.69) is 73.4 Å². The number of phenolic OH excluding ortho intramolecular Hbond substituents is 1. The third-order valence-corrected chi connectivity index (χ3v) is 12.5. The van der Waals surface area contributed by atoms with Crippen LogP contribution in [0.25, 0.3) is 0 Å². The molecule has 3 aromatic rings. The largest absolute Gasteiger partial charge is 0.508 e. The first-order chi connectivity index (χ1) is 40.6. The number of aromatic hydroxyl groups is 1. The number of aliphatic hydroxyl groups is 1. The number of carbonyl (C=O) groups excluding carboxylic acids is 12.